The monoisotopic (exact) mass is 263 g/mol. The molecule has 0 unspecified atom stereocenters. The summed E-state index contributed by atoms with van der Waals surface area (Å²) in [5, 5.41) is 0. The summed E-state index contributed by atoms with van der Waals surface area (Å²) in [4.78, 5) is 5.05. The smallest absolute Gasteiger partial charge is 0.287 e. The van der Waals surface area contributed by atoms with Gasteiger partial charge < -0.3 is 0 Å². The molecule has 0 atom stereocenters. The molecule has 2 nitrogen and oxygen atoms in total. The summed E-state index contributed by atoms with van der Waals surface area (Å²) in [6, 6.07) is 17.1. The van der Waals surface area contributed by atoms with Crippen molar-refractivity contribution in [1.82, 2.24) is 5.48 Å². The van der Waals surface area contributed by atoms with Crippen molar-refractivity contribution in [3.63, 3.8) is 0 Å². The van der Waals surface area contributed by atoms with Gasteiger partial charge in [-0.25, -0.2) is 0 Å². The minimum atomic E-state index is -2.95. The maximum atomic E-state index is 13.7. The van der Waals surface area contributed by atoms with Crippen LogP contribution in [0.2, 0.25) is 0 Å². The number of benzene rings is 2. The maximum Gasteiger partial charge on any atom is 0.287 e. The molecular weight excluding hydrogens is 248 g/mol. The molecule has 100 valence electrons. The van der Waals surface area contributed by atoms with Gasteiger partial charge in [-0.1, -0.05) is 60.7 Å². The number of alkyl halides is 2. The van der Waals surface area contributed by atoms with E-state index in [1.165, 1.54) is 12.1 Å². The van der Waals surface area contributed by atoms with Crippen molar-refractivity contribution in [2.24, 2.45) is 0 Å². The van der Waals surface area contributed by atoms with E-state index >= 15 is 0 Å². The number of hydroxylamine groups is 1. The molecule has 1 N–H and O–H groups in total. The van der Waals surface area contributed by atoms with E-state index in [9.17, 15) is 8.78 Å². The Morgan fingerprint density at radius 3 is 2.11 bits per heavy atom. The Morgan fingerprint density at radius 1 is 0.895 bits per heavy atom. The van der Waals surface area contributed by atoms with Crippen LogP contribution >= 0.6 is 0 Å². The van der Waals surface area contributed by atoms with Crippen molar-refractivity contribution >= 4 is 0 Å². The second-order valence-electron chi connectivity index (χ2n) is 4.17. The fourth-order valence-corrected chi connectivity index (χ4v) is 1.63. The summed E-state index contributed by atoms with van der Waals surface area (Å²) in [7, 11) is 0. The molecule has 19 heavy (non-hydrogen) atoms. The van der Waals surface area contributed by atoms with Gasteiger partial charge in [-0.05, 0) is 5.56 Å². The van der Waals surface area contributed by atoms with Gasteiger partial charge in [0.05, 0.1) is 13.2 Å². The first kappa shape index (κ1) is 13.6. The van der Waals surface area contributed by atoms with E-state index in [0.29, 0.717) is 0 Å². The van der Waals surface area contributed by atoms with Crippen LogP contribution in [0.5, 0.6) is 0 Å². The third-order valence-electron chi connectivity index (χ3n) is 2.67. The van der Waals surface area contributed by atoms with E-state index in [-0.39, 0.29) is 12.2 Å². The Hall–Kier alpha value is -1.78. The molecule has 0 spiro atoms. The van der Waals surface area contributed by atoms with Gasteiger partial charge in [-0.15, -0.1) is 0 Å². The van der Waals surface area contributed by atoms with Gasteiger partial charge in [-0.3, -0.25) is 4.84 Å². The van der Waals surface area contributed by atoms with E-state index in [0.717, 1.165) is 5.56 Å². The third kappa shape index (κ3) is 4.12. The first-order valence-corrected chi connectivity index (χ1v) is 6.00. The van der Waals surface area contributed by atoms with Crippen molar-refractivity contribution in [2.75, 3.05) is 6.54 Å². The van der Waals surface area contributed by atoms with Crippen LogP contribution in [-0.4, -0.2) is 6.54 Å². The van der Waals surface area contributed by atoms with Crippen molar-refractivity contribution in [2.45, 2.75) is 12.5 Å². The highest BCUT2D eigenvalue weighted by molar-refractivity contribution is 5.20. The molecule has 2 aromatic rings. The van der Waals surface area contributed by atoms with Crippen molar-refractivity contribution in [3.8, 4) is 0 Å². The van der Waals surface area contributed by atoms with Crippen molar-refractivity contribution in [3.05, 3.63) is 71.8 Å². The van der Waals surface area contributed by atoms with Crippen LogP contribution in [-0.2, 0) is 17.4 Å². The largest absolute Gasteiger partial charge is 0.297 e. The topological polar surface area (TPSA) is 21.3 Å². The average molecular weight is 263 g/mol. The lowest BCUT2D eigenvalue weighted by Gasteiger charge is -2.17. The van der Waals surface area contributed by atoms with E-state index in [2.05, 4.69) is 5.48 Å². The molecule has 2 rings (SSSR count). The fraction of sp³-hybridized carbons (Fsp3) is 0.200. The summed E-state index contributed by atoms with van der Waals surface area (Å²) < 4.78 is 27.5. The molecule has 0 aliphatic heterocycles. The summed E-state index contributed by atoms with van der Waals surface area (Å²) >= 11 is 0. The molecule has 0 saturated heterocycles. The van der Waals surface area contributed by atoms with Crippen LogP contribution in [0.15, 0.2) is 60.7 Å². The summed E-state index contributed by atoms with van der Waals surface area (Å²) in [5.74, 6) is -2.95. The Bertz CT molecular complexity index is 488. The van der Waals surface area contributed by atoms with Crippen molar-refractivity contribution in [1.29, 1.82) is 0 Å². The fourth-order valence-electron chi connectivity index (χ4n) is 1.63. The normalized spacial score (nSPS) is 11.5. The van der Waals surface area contributed by atoms with Gasteiger partial charge in [0.25, 0.3) is 5.92 Å². The molecule has 0 aliphatic carbocycles. The zero-order valence-electron chi connectivity index (χ0n) is 10.4. The summed E-state index contributed by atoms with van der Waals surface area (Å²) in [6.45, 7) is -0.296. The highest BCUT2D eigenvalue weighted by Gasteiger charge is 2.30. The van der Waals surface area contributed by atoms with Crippen molar-refractivity contribution < 1.29 is 13.6 Å². The molecule has 0 heterocycles. The van der Waals surface area contributed by atoms with Gasteiger partial charge in [0.15, 0.2) is 0 Å². The Kier molecular flexibility index (Phi) is 4.60. The molecule has 0 aromatic heterocycles. The average Bonchev–Trinajstić information content (AvgIpc) is 2.46. The summed E-state index contributed by atoms with van der Waals surface area (Å²) in [5.41, 5.74) is 3.23. The predicted molar refractivity (Wildman–Crippen MR) is 69.6 cm³/mol. The number of halogens is 2. The van der Waals surface area contributed by atoms with Gasteiger partial charge in [0, 0.05) is 5.56 Å². The van der Waals surface area contributed by atoms with Crippen LogP contribution in [0.4, 0.5) is 8.78 Å². The Labute approximate surface area is 111 Å². The number of nitrogens with one attached hydrogen (secondary N) is 1. The predicted octanol–water partition coefficient (Wildman–Crippen LogP) is 3.50. The number of hydrogen-bond donors (Lipinski definition) is 1. The zero-order valence-corrected chi connectivity index (χ0v) is 10.4. The lowest BCUT2D eigenvalue weighted by Crippen LogP contribution is -2.30. The van der Waals surface area contributed by atoms with E-state index < -0.39 is 12.5 Å². The SMILES string of the molecule is FC(F)(CNOCc1ccccc1)c1ccccc1. The molecule has 2 aromatic carbocycles. The van der Waals surface area contributed by atoms with Gasteiger partial charge in [0.1, 0.15) is 0 Å². The van der Waals surface area contributed by atoms with E-state index in [4.69, 9.17) is 4.84 Å². The van der Waals surface area contributed by atoms with Gasteiger partial charge in [-0.2, -0.15) is 14.3 Å². The van der Waals surface area contributed by atoms with Crippen LogP contribution < -0.4 is 5.48 Å². The Morgan fingerprint density at radius 2 is 1.47 bits per heavy atom. The van der Waals surface area contributed by atoms with Gasteiger partial charge >= 0.3 is 0 Å². The molecule has 0 saturated carbocycles. The van der Waals surface area contributed by atoms with E-state index in [1.54, 1.807) is 18.2 Å². The molecular formula is C15H15F2NO. The lowest BCUT2D eigenvalue weighted by molar-refractivity contribution is -0.0656. The second-order valence-corrected chi connectivity index (χ2v) is 4.17. The quantitative estimate of drug-likeness (QED) is 0.636. The lowest BCUT2D eigenvalue weighted by atomic mass is 10.1. The van der Waals surface area contributed by atoms with Crippen LogP contribution in [0.3, 0.4) is 0 Å². The minimum absolute atomic E-state index is 0.0224. The molecule has 0 fully saturated rings. The molecule has 0 radical (unpaired) electrons. The zero-order chi connectivity index (χ0) is 13.6. The van der Waals surface area contributed by atoms with Crippen LogP contribution in [0.25, 0.3) is 0 Å². The number of rotatable bonds is 6. The molecule has 0 bridgehead atoms. The second kappa shape index (κ2) is 6.41. The molecule has 0 aliphatic rings. The number of hydrogen-bond acceptors (Lipinski definition) is 2. The third-order valence-corrected chi connectivity index (χ3v) is 2.67. The Balaban J connectivity index is 1.79. The maximum absolute atomic E-state index is 13.7. The van der Waals surface area contributed by atoms with E-state index in [1.807, 2.05) is 30.3 Å². The minimum Gasteiger partial charge on any atom is -0.297 e. The van der Waals surface area contributed by atoms with Gasteiger partial charge in [0.2, 0.25) is 0 Å². The standard InChI is InChI=1S/C15H15F2NO/c16-15(17,14-9-5-2-6-10-14)12-18-19-11-13-7-3-1-4-8-13/h1-10,18H,11-12H2. The highest BCUT2D eigenvalue weighted by atomic mass is 19.3. The highest BCUT2D eigenvalue weighted by Crippen LogP contribution is 2.26. The summed E-state index contributed by atoms with van der Waals surface area (Å²) in [6.07, 6.45) is 0. The molecule has 0 amide bonds. The first-order chi connectivity index (χ1) is 9.18. The van der Waals surface area contributed by atoms with Crippen LogP contribution in [0, 0.1) is 0 Å². The molecule has 4 heteroatoms. The first-order valence-electron chi connectivity index (χ1n) is 6.00. The van der Waals surface area contributed by atoms with Crippen LogP contribution in [0.1, 0.15) is 11.1 Å².